The number of alkyl halides is 3. The first-order valence-electron chi connectivity index (χ1n) is 11.7. The number of aromatic nitrogens is 2. The van der Waals surface area contributed by atoms with Gasteiger partial charge in [-0.1, -0.05) is 18.6 Å². The fourth-order valence-electron chi connectivity index (χ4n) is 3.80. The first-order chi connectivity index (χ1) is 17.6. The number of nitrogens with two attached hydrogens (primary N) is 1. The Morgan fingerprint density at radius 2 is 1.86 bits per heavy atom. The van der Waals surface area contributed by atoms with Gasteiger partial charge in [0.2, 0.25) is 5.95 Å². The number of hydrogen-bond acceptors (Lipinski definition) is 7. The lowest BCUT2D eigenvalue weighted by molar-refractivity contribution is -0.274. The number of urea groups is 1. The first-order valence-corrected chi connectivity index (χ1v) is 11.7. The zero-order valence-corrected chi connectivity index (χ0v) is 20.0. The molecule has 2 amide bonds. The van der Waals surface area contributed by atoms with E-state index in [0.29, 0.717) is 25.3 Å². The number of unbranched alkanes of at least 4 members (excludes halogenated alkanes) is 2. The molecule has 15 heteroatoms. The summed E-state index contributed by atoms with van der Waals surface area (Å²) < 4.78 is 41.6. The Morgan fingerprint density at radius 3 is 2.54 bits per heavy atom. The fraction of sp³-hybridized carbons (Fsp3) is 0.455. The molecule has 2 aromatic rings. The largest absolute Gasteiger partial charge is 0.573 e. The van der Waals surface area contributed by atoms with Crippen molar-refractivity contribution in [2.45, 2.75) is 25.6 Å². The average Bonchev–Trinajstić information content (AvgIpc) is 2.82. The number of carbonyl (C=O) groups excluding carboxylic acids is 1. The summed E-state index contributed by atoms with van der Waals surface area (Å²) in [4.78, 5) is 35.6. The predicted molar refractivity (Wildman–Crippen MR) is 133 cm³/mol. The van der Waals surface area contributed by atoms with Crippen LogP contribution in [0, 0.1) is 5.41 Å². The molecule has 3 rings (SSSR count). The van der Waals surface area contributed by atoms with Crippen molar-refractivity contribution in [2.75, 3.05) is 54.8 Å². The Balaban J connectivity index is 1.47. The van der Waals surface area contributed by atoms with E-state index < -0.39 is 23.7 Å². The summed E-state index contributed by atoms with van der Waals surface area (Å²) in [5, 5.41) is 14.4. The summed E-state index contributed by atoms with van der Waals surface area (Å²) in [7, 11) is 0. The van der Waals surface area contributed by atoms with Crippen molar-refractivity contribution < 1.29 is 22.7 Å². The van der Waals surface area contributed by atoms with E-state index in [0.717, 1.165) is 45.0 Å². The van der Waals surface area contributed by atoms with E-state index in [9.17, 15) is 22.8 Å². The third-order valence-corrected chi connectivity index (χ3v) is 5.55. The minimum absolute atomic E-state index is 0.0200. The lowest BCUT2D eigenvalue weighted by Crippen LogP contribution is -2.48. The molecule has 2 heterocycles. The maximum absolute atomic E-state index is 12.6. The SMILES string of the molecule is N=C(N)NCCCCCN1CCN(c2c[nH]c(NC(=O)Nc3ccccc3OC(F)(F)F)nc2=O)CC1. The van der Waals surface area contributed by atoms with E-state index in [-0.39, 0.29) is 17.6 Å². The summed E-state index contributed by atoms with van der Waals surface area (Å²) in [6, 6.07) is 4.16. The van der Waals surface area contributed by atoms with Crippen LogP contribution in [-0.4, -0.2) is 72.5 Å². The third-order valence-electron chi connectivity index (χ3n) is 5.55. The van der Waals surface area contributed by atoms with Gasteiger partial charge in [-0.15, -0.1) is 13.2 Å². The van der Waals surface area contributed by atoms with Crippen molar-refractivity contribution in [3.8, 4) is 5.75 Å². The fourth-order valence-corrected chi connectivity index (χ4v) is 3.80. The number of ether oxygens (including phenoxy) is 1. The molecule has 37 heavy (non-hydrogen) atoms. The number of hydrogen-bond donors (Lipinski definition) is 6. The Morgan fingerprint density at radius 1 is 1.14 bits per heavy atom. The van der Waals surface area contributed by atoms with Crippen molar-refractivity contribution in [3.63, 3.8) is 0 Å². The molecule has 0 radical (unpaired) electrons. The highest BCUT2D eigenvalue weighted by Crippen LogP contribution is 2.29. The zero-order valence-electron chi connectivity index (χ0n) is 20.0. The molecule has 0 bridgehead atoms. The molecule has 1 saturated heterocycles. The summed E-state index contributed by atoms with van der Waals surface area (Å²) in [6.07, 6.45) is -0.489. The van der Waals surface area contributed by atoms with Crippen LogP contribution in [0.2, 0.25) is 0 Å². The molecular weight excluding hydrogens is 495 g/mol. The number of H-pyrrole nitrogens is 1. The lowest BCUT2D eigenvalue weighted by atomic mass is 10.2. The van der Waals surface area contributed by atoms with Crippen LogP contribution in [0.25, 0.3) is 0 Å². The van der Waals surface area contributed by atoms with Gasteiger partial charge in [0.15, 0.2) is 11.7 Å². The van der Waals surface area contributed by atoms with Gasteiger partial charge in [0.25, 0.3) is 5.56 Å². The van der Waals surface area contributed by atoms with Crippen LogP contribution in [0.15, 0.2) is 35.3 Å². The number of aromatic amines is 1. The number of nitrogens with zero attached hydrogens (tertiary/aromatic N) is 3. The number of halogens is 3. The molecule has 1 aromatic heterocycles. The van der Waals surface area contributed by atoms with Crippen molar-refractivity contribution in [2.24, 2.45) is 5.73 Å². The monoisotopic (exact) mass is 525 g/mol. The maximum atomic E-state index is 12.6. The quantitative estimate of drug-likeness (QED) is 0.156. The molecule has 0 spiro atoms. The third kappa shape index (κ3) is 9.18. The molecule has 7 N–H and O–H groups in total. The maximum Gasteiger partial charge on any atom is 0.573 e. The number of guanidine groups is 1. The normalized spacial score (nSPS) is 14.2. The number of nitrogens with one attached hydrogen (secondary N) is 5. The smallest absolute Gasteiger partial charge is 0.404 e. The van der Waals surface area contributed by atoms with Gasteiger partial charge in [-0.3, -0.25) is 20.4 Å². The predicted octanol–water partition coefficient (Wildman–Crippen LogP) is 2.09. The summed E-state index contributed by atoms with van der Waals surface area (Å²) >= 11 is 0. The molecule has 1 aliphatic heterocycles. The van der Waals surface area contributed by atoms with Crippen LogP contribution in [0.3, 0.4) is 0 Å². The van der Waals surface area contributed by atoms with Crippen LogP contribution in [0.1, 0.15) is 19.3 Å². The van der Waals surface area contributed by atoms with Gasteiger partial charge in [0, 0.05) is 38.9 Å². The second kappa shape index (κ2) is 12.8. The molecule has 0 aliphatic carbocycles. The molecule has 1 aliphatic rings. The zero-order chi connectivity index (χ0) is 26.8. The van der Waals surface area contributed by atoms with Crippen molar-refractivity contribution in [1.82, 2.24) is 20.2 Å². The second-order valence-corrected chi connectivity index (χ2v) is 8.29. The van der Waals surface area contributed by atoms with Crippen LogP contribution in [0.5, 0.6) is 5.75 Å². The number of para-hydroxylation sites is 2. The Bertz CT molecular complexity index is 1120. The van der Waals surface area contributed by atoms with Gasteiger partial charge in [0.1, 0.15) is 5.69 Å². The van der Waals surface area contributed by atoms with Gasteiger partial charge < -0.3 is 31.0 Å². The van der Waals surface area contributed by atoms with Crippen LogP contribution < -0.4 is 36.9 Å². The first kappa shape index (κ1) is 27.6. The van der Waals surface area contributed by atoms with Gasteiger partial charge in [0.05, 0.1) is 5.69 Å². The van der Waals surface area contributed by atoms with Gasteiger partial charge in [-0.25, -0.2) is 4.79 Å². The number of anilines is 3. The molecule has 0 unspecified atom stereocenters. The second-order valence-electron chi connectivity index (χ2n) is 8.29. The van der Waals surface area contributed by atoms with E-state index in [4.69, 9.17) is 11.1 Å². The van der Waals surface area contributed by atoms with Crippen LogP contribution >= 0.6 is 0 Å². The summed E-state index contributed by atoms with van der Waals surface area (Å²) in [6.45, 7) is 4.47. The highest BCUT2D eigenvalue weighted by Gasteiger charge is 2.32. The topological polar surface area (TPSA) is 164 Å². The number of amides is 2. The molecule has 1 fully saturated rings. The number of carbonyl (C=O) groups is 1. The average molecular weight is 526 g/mol. The Kier molecular flexibility index (Phi) is 9.54. The number of benzene rings is 1. The van der Waals surface area contributed by atoms with Gasteiger partial charge in [-0.05, 0) is 31.5 Å². The standard InChI is InChI=1S/C22H30F3N9O3/c23-22(24,25)37-17-7-3-2-6-15(17)30-21(36)32-20-29-14-16(18(35)31-20)34-12-10-33(11-13-34)9-5-1-4-8-28-19(26)27/h2-3,6-7,14H,1,4-5,8-13H2,(H4,26,27,28)(H3,29,30,31,32,35,36). The van der Waals surface area contributed by atoms with E-state index >= 15 is 0 Å². The Hall–Kier alpha value is -4.01. The van der Waals surface area contributed by atoms with Crippen LogP contribution in [-0.2, 0) is 0 Å². The molecule has 1 aromatic carbocycles. The van der Waals surface area contributed by atoms with E-state index in [2.05, 4.69) is 35.6 Å². The summed E-state index contributed by atoms with van der Waals surface area (Å²) in [5.74, 6) is -0.752. The van der Waals surface area contributed by atoms with Crippen LogP contribution in [0.4, 0.5) is 35.3 Å². The Labute approximate surface area is 210 Å². The number of rotatable bonds is 10. The minimum Gasteiger partial charge on any atom is -0.404 e. The molecule has 12 nitrogen and oxygen atoms in total. The van der Waals surface area contributed by atoms with Crippen molar-refractivity contribution in [3.05, 3.63) is 40.8 Å². The summed E-state index contributed by atoms with van der Waals surface area (Å²) in [5.41, 5.74) is 4.87. The minimum atomic E-state index is -4.92. The lowest BCUT2D eigenvalue weighted by Gasteiger charge is -2.35. The van der Waals surface area contributed by atoms with Crippen molar-refractivity contribution in [1.29, 1.82) is 5.41 Å². The highest BCUT2D eigenvalue weighted by molar-refractivity contribution is 5.99. The molecule has 202 valence electrons. The van der Waals surface area contributed by atoms with E-state index in [1.54, 1.807) is 0 Å². The van der Waals surface area contributed by atoms with E-state index in [1.807, 2.05) is 4.90 Å². The molecule has 0 saturated carbocycles. The number of piperazine rings is 1. The molecule has 0 atom stereocenters. The highest BCUT2D eigenvalue weighted by atomic mass is 19.4. The van der Waals surface area contributed by atoms with Gasteiger partial charge >= 0.3 is 12.4 Å². The molecular formula is C22H30F3N9O3. The van der Waals surface area contributed by atoms with E-state index in [1.165, 1.54) is 24.4 Å². The van der Waals surface area contributed by atoms with Gasteiger partial charge in [-0.2, -0.15) is 4.98 Å². The van der Waals surface area contributed by atoms with Crippen molar-refractivity contribution >= 4 is 29.3 Å².